The van der Waals surface area contributed by atoms with Crippen molar-refractivity contribution in [3.63, 3.8) is 0 Å². The Bertz CT molecular complexity index is 1050. The number of Topliss-reactive ketones (excluding diaryl/α,β-unsaturated/α-hetero) is 1. The van der Waals surface area contributed by atoms with Crippen LogP contribution in [0.3, 0.4) is 0 Å². The molecule has 7 nitrogen and oxygen atoms in total. The predicted molar refractivity (Wildman–Crippen MR) is 125 cm³/mol. The molecule has 0 aromatic heterocycles. The molecule has 1 aliphatic heterocycles. The number of carbonyl (C=O) groups excluding carboxylic acids is 4. The van der Waals surface area contributed by atoms with E-state index in [0.717, 1.165) is 0 Å². The fourth-order valence-corrected chi connectivity index (χ4v) is 3.69. The number of hydrogen-bond donors (Lipinski definition) is 1. The van der Waals surface area contributed by atoms with Crippen molar-refractivity contribution < 1.29 is 28.3 Å². The quantitative estimate of drug-likeness (QED) is 0.488. The molecule has 2 unspecified atom stereocenters. The molecule has 34 heavy (non-hydrogen) atoms. The molecule has 8 heteroatoms. The average Bonchev–Trinajstić information content (AvgIpc) is 2.84. The molecule has 0 saturated carbocycles. The van der Waals surface area contributed by atoms with Crippen LogP contribution in [-0.4, -0.2) is 47.7 Å². The van der Waals surface area contributed by atoms with Crippen LogP contribution in [0.15, 0.2) is 48.5 Å². The third kappa shape index (κ3) is 6.27. The number of nitrogens with zero attached hydrogens (tertiary/aromatic N) is 1. The number of carbonyl (C=O) groups is 4. The molecule has 0 aliphatic carbocycles. The van der Waals surface area contributed by atoms with Gasteiger partial charge in [0.2, 0.25) is 11.7 Å². The van der Waals surface area contributed by atoms with Crippen molar-refractivity contribution in [1.82, 2.24) is 4.90 Å². The maximum absolute atomic E-state index is 13.1. The highest BCUT2D eigenvalue weighted by Gasteiger charge is 2.32. The van der Waals surface area contributed by atoms with Crippen molar-refractivity contribution in [2.75, 3.05) is 18.4 Å². The number of benzene rings is 2. The molecular formula is C26H29FN2O5. The topological polar surface area (TPSA) is 92.8 Å². The fourth-order valence-electron chi connectivity index (χ4n) is 3.69. The first-order chi connectivity index (χ1) is 16.2. The van der Waals surface area contributed by atoms with Crippen LogP contribution in [0, 0.1) is 17.7 Å². The monoisotopic (exact) mass is 468 g/mol. The second-order valence-electron chi connectivity index (χ2n) is 8.76. The molecule has 2 aromatic carbocycles. The van der Waals surface area contributed by atoms with Gasteiger partial charge in [-0.1, -0.05) is 13.8 Å². The third-order valence-electron chi connectivity index (χ3n) is 5.76. The minimum atomic E-state index is -0.994. The van der Waals surface area contributed by atoms with Gasteiger partial charge in [0.25, 0.3) is 5.91 Å². The van der Waals surface area contributed by atoms with Crippen LogP contribution in [0.1, 0.15) is 54.3 Å². The standard InChI is InChI=1S/C26H29FN2O5/c1-16(2)24(31)28-22-12-8-18(9-13-22)23(30)17(3)34-26(33)20-5-4-14-29(15-20)25(32)19-6-10-21(27)11-7-19/h6-13,16-17,20H,4-5,14-15H2,1-3H3,(H,28,31). The molecule has 2 aromatic rings. The lowest BCUT2D eigenvalue weighted by molar-refractivity contribution is -0.152. The lowest BCUT2D eigenvalue weighted by Gasteiger charge is -2.32. The number of rotatable bonds is 7. The van der Waals surface area contributed by atoms with Gasteiger partial charge < -0.3 is 15.0 Å². The number of amides is 2. The Morgan fingerprint density at radius 3 is 2.21 bits per heavy atom. The molecule has 0 spiro atoms. The van der Waals surface area contributed by atoms with Gasteiger partial charge in [-0.2, -0.15) is 0 Å². The van der Waals surface area contributed by atoms with Crippen molar-refractivity contribution in [3.8, 4) is 0 Å². The van der Waals surface area contributed by atoms with Gasteiger partial charge >= 0.3 is 5.97 Å². The number of halogens is 1. The Kier molecular flexibility index (Phi) is 8.15. The van der Waals surface area contributed by atoms with Crippen LogP contribution >= 0.6 is 0 Å². The summed E-state index contributed by atoms with van der Waals surface area (Å²) in [5, 5.41) is 2.75. The van der Waals surface area contributed by atoms with Crippen molar-refractivity contribution in [3.05, 3.63) is 65.5 Å². The van der Waals surface area contributed by atoms with Gasteiger partial charge in [0.05, 0.1) is 5.92 Å². The normalized spacial score (nSPS) is 16.6. The largest absolute Gasteiger partial charge is 0.454 e. The number of anilines is 1. The van der Waals surface area contributed by atoms with E-state index < -0.39 is 23.8 Å². The summed E-state index contributed by atoms with van der Waals surface area (Å²) in [6, 6.07) is 11.7. The maximum atomic E-state index is 13.1. The lowest BCUT2D eigenvalue weighted by atomic mass is 9.97. The highest BCUT2D eigenvalue weighted by molar-refractivity contribution is 6.01. The highest BCUT2D eigenvalue weighted by Crippen LogP contribution is 2.21. The number of esters is 1. The van der Waals surface area contributed by atoms with E-state index in [0.29, 0.717) is 36.2 Å². The van der Waals surface area contributed by atoms with Crippen LogP contribution in [-0.2, 0) is 14.3 Å². The molecule has 0 radical (unpaired) electrons. The third-order valence-corrected chi connectivity index (χ3v) is 5.76. The summed E-state index contributed by atoms with van der Waals surface area (Å²) in [7, 11) is 0. The molecule has 1 N–H and O–H groups in total. The first-order valence-corrected chi connectivity index (χ1v) is 11.4. The zero-order chi connectivity index (χ0) is 24.8. The summed E-state index contributed by atoms with van der Waals surface area (Å²) >= 11 is 0. The SMILES string of the molecule is CC(C)C(=O)Nc1ccc(C(=O)C(C)OC(=O)C2CCCN(C(=O)c3ccc(F)cc3)C2)cc1. The molecular weight excluding hydrogens is 439 g/mol. The Balaban J connectivity index is 1.56. The summed E-state index contributed by atoms with van der Waals surface area (Å²) in [6.45, 7) is 5.76. The van der Waals surface area contributed by atoms with Crippen LogP contribution in [0.4, 0.5) is 10.1 Å². The second-order valence-corrected chi connectivity index (χ2v) is 8.76. The summed E-state index contributed by atoms with van der Waals surface area (Å²) in [4.78, 5) is 51.5. The first-order valence-electron chi connectivity index (χ1n) is 11.4. The molecule has 2 amide bonds. The summed E-state index contributed by atoms with van der Waals surface area (Å²) < 4.78 is 18.6. The van der Waals surface area contributed by atoms with Crippen LogP contribution in [0.2, 0.25) is 0 Å². The number of nitrogens with one attached hydrogen (secondary N) is 1. The summed E-state index contributed by atoms with van der Waals surface area (Å²) in [5.74, 6) is -2.41. The molecule has 1 saturated heterocycles. The van der Waals surface area contributed by atoms with Crippen molar-refractivity contribution in [1.29, 1.82) is 0 Å². The van der Waals surface area contributed by atoms with Crippen molar-refractivity contribution in [2.45, 2.75) is 39.7 Å². The van der Waals surface area contributed by atoms with E-state index >= 15 is 0 Å². The Labute approximate surface area is 198 Å². The second kappa shape index (κ2) is 11.0. The van der Waals surface area contributed by atoms with E-state index in [4.69, 9.17) is 4.74 Å². The zero-order valence-corrected chi connectivity index (χ0v) is 19.5. The lowest BCUT2D eigenvalue weighted by Crippen LogP contribution is -2.43. The molecule has 180 valence electrons. The molecule has 0 bridgehead atoms. The summed E-state index contributed by atoms with van der Waals surface area (Å²) in [5.41, 5.74) is 1.29. The number of hydrogen-bond acceptors (Lipinski definition) is 5. The molecule has 1 fully saturated rings. The fraction of sp³-hybridized carbons (Fsp3) is 0.385. The van der Waals surface area contributed by atoms with Gasteiger partial charge in [-0.15, -0.1) is 0 Å². The average molecular weight is 469 g/mol. The van der Waals surface area contributed by atoms with Crippen molar-refractivity contribution >= 4 is 29.3 Å². The van der Waals surface area contributed by atoms with Crippen molar-refractivity contribution in [2.24, 2.45) is 11.8 Å². The number of piperidine rings is 1. The Hall–Kier alpha value is -3.55. The van der Waals surface area contributed by atoms with Crippen LogP contribution in [0.25, 0.3) is 0 Å². The summed E-state index contributed by atoms with van der Waals surface area (Å²) in [6.07, 6.45) is 0.183. The van der Waals surface area contributed by atoms with Crippen LogP contribution < -0.4 is 5.32 Å². The van der Waals surface area contributed by atoms with Gasteiger partial charge in [0, 0.05) is 35.8 Å². The van der Waals surface area contributed by atoms with E-state index in [1.165, 1.54) is 31.2 Å². The smallest absolute Gasteiger partial charge is 0.311 e. The maximum Gasteiger partial charge on any atom is 0.311 e. The zero-order valence-electron chi connectivity index (χ0n) is 19.5. The van der Waals surface area contributed by atoms with E-state index in [-0.39, 0.29) is 30.1 Å². The predicted octanol–water partition coefficient (Wildman–Crippen LogP) is 4.09. The molecule has 3 rings (SSSR count). The van der Waals surface area contributed by atoms with E-state index in [1.54, 1.807) is 43.0 Å². The van der Waals surface area contributed by atoms with Gasteiger partial charge in [-0.3, -0.25) is 19.2 Å². The molecule has 2 atom stereocenters. The van der Waals surface area contributed by atoms with Gasteiger partial charge in [0.1, 0.15) is 5.82 Å². The van der Waals surface area contributed by atoms with Gasteiger partial charge in [-0.05, 0) is 68.3 Å². The number of ether oxygens (including phenoxy) is 1. The first kappa shape index (κ1) is 25.1. The minimum Gasteiger partial charge on any atom is -0.454 e. The Morgan fingerprint density at radius 1 is 0.971 bits per heavy atom. The van der Waals surface area contributed by atoms with Gasteiger partial charge in [0.15, 0.2) is 6.10 Å². The van der Waals surface area contributed by atoms with E-state index in [2.05, 4.69) is 5.32 Å². The van der Waals surface area contributed by atoms with Gasteiger partial charge in [-0.25, -0.2) is 4.39 Å². The van der Waals surface area contributed by atoms with Crippen LogP contribution in [0.5, 0.6) is 0 Å². The Morgan fingerprint density at radius 2 is 1.59 bits per heavy atom. The van der Waals surface area contributed by atoms with E-state index in [9.17, 15) is 23.6 Å². The highest BCUT2D eigenvalue weighted by atomic mass is 19.1. The molecule has 1 aliphatic rings. The molecule has 1 heterocycles. The van der Waals surface area contributed by atoms with E-state index in [1.807, 2.05) is 0 Å². The number of ketones is 1. The minimum absolute atomic E-state index is 0.124. The number of likely N-dealkylation sites (tertiary alicyclic amines) is 1.